The maximum absolute atomic E-state index is 9.88. The molecule has 3 nitrogen and oxygen atoms in total. The van der Waals surface area contributed by atoms with E-state index in [1.54, 1.807) is 6.07 Å². The lowest BCUT2D eigenvalue weighted by Crippen LogP contribution is -2.13. The third-order valence-corrected chi connectivity index (χ3v) is 3.73. The molecule has 1 atom stereocenters. The Kier molecular flexibility index (Phi) is 3.50. The predicted molar refractivity (Wildman–Crippen MR) is 84.4 cm³/mol. The van der Waals surface area contributed by atoms with Gasteiger partial charge in [-0.05, 0) is 46.5 Å². The Morgan fingerprint density at radius 2 is 1.67 bits per heavy atom. The van der Waals surface area contributed by atoms with E-state index in [1.165, 1.54) is 12.1 Å². The minimum absolute atomic E-state index is 0.132. The molecule has 0 saturated heterocycles. The van der Waals surface area contributed by atoms with E-state index >= 15 is 0 Å². The quantitative estimate of drug-likeness (QED) is 0.643. The third-order valence-electron chi connectivity index (χ3n) is 3.73. The molecule has 3 rings (SSSR count). The number of fused-ring (bicyclic) bond motifs is 1. The van der Waals surface area contributed by atoms with Gasteiger partial charge in [-0.15, -0.1) is 0 Å². The van der Waals surface area contributed by atoms with Crippen molar-refractivity contribution in [2.45, 2.75) is 12.5 Å². The van der Waals surface area contributed by atoms with Crippen molar-refractivity contribution in [3.05, 3.63) is 71.8 Å². The number of benzene rings is 3. The van der Waals surface area contributed by atoms with Crippen molar-refractivity contribution in [1.29, 1.82) is 0 Å². The first-order valence-electron chi connectivity index (χ1n) is 6.89. The Morgan fingerprint density at radius 3 is 2.52 bits per heavy atom. The molecule has 0 radical (unpaired) electrons. The molecular weight excluding hydrogens is 262 g/mol. The van der Waals surface area contributed by atoms with Gasteiger partial charge in [-0.3, -0.25) is 0 Å². The summed E-state index contributed by atoms with van der Waals surface area (Å²) in [5.74, 6) is 0.288. The predicted octanol–water partition coefficient (Wildman–Crippen LogP) is 3.49. The lowest BCUT2D eigenvalue weighted by molar-refractivity contribution is 0.452. The molecule has 0 spiro atoms. The van der Waals surface area contributed by atoms with E-state index in [1.807, 2.05) is 30.3 Å². The fourth-order valence-electron chi connectivity index (χ4n) is 2.66. The SMILES string of the molecule is NC(Cc1cc(O)ccc1O)c1cccc2ccccc12. The van der Waals surface area contributed by atoms with E-state index < -0.39 is 0 Å². The average Bonchev–Trinajstić information content (AvgIpc) is 2.50. The van der Waals surface area contributed by atoms with Gasteiger partial charge in [0.05, 0.1) is 0 Å². The molecule has 3 aromatic carbocycles. The number of phenols is 2. The first-order valence-corrected chi connectivity index (χ1v) is 6.89. The minimum atomic E-state index is -0.246. The number of aromatic hydroxyl groups is 2. The number of phenolic OH excluding ortho intramolecular Hbond substituents is 2. The summed E-state index contributed by atoms with van der Waals surface area (Å²) in [6.07, 6.45) is 0.467. The van der Waals surface area contributed by atoms with Crippen LogP contribution < -0.4 is 5.73 Å². The maximum Gasteiger partial charge on any atom is 0.119 e. The van der Waals surface area contributed by atoms with Crippen LogP contribution in [0, 0.1) is 0 Å². The Morgan fingerprint density at radius 1 is 0.905 bits per heavy atom. The highest BCUT2D eigenvalue weighted by Gasteiger charge is 2.13. The van der Waals surface area contributed by atoms with Crippen LogP contribution in [0.2, 0.25) is 0 Å². The summed E-state index contributed by atoms with van der Waals surface area (Å²) in [5.41, 5.74) is 8.01. The van der Waals surface area contributed by atoms with Crippen molar-refractivity contribution in [3.63, 3.8) is 0 Å². The highest BCUT2D eigenvalue weighted by molar-refractivity contribution is 5.86. The van der Waals surface area contributed by atoms with E-state index in [-0.39, 0.29) is 17.5 Å². The van der Waals surface area contributed by atoms with Crippen LogP contribution in [-0.4, -0.2) is 10.2 Å². The monoisotopic (exact) mass is 279 g/mol. The average molecular weight is 279 g/mol. The summed E-state index contributed by atoms with van der Waals surface area (Å²) in [6.45, 7) is 0. The lowest BCUT2D eigenvalue weighted by atomic mass is 9.94. The molecule has 0 aromatic heterocycles. The van der Waals surface area contributed by atoms with Crippen molar-refractivity contribution in [3.8, 4) is 11.5 Å². The van der Waals surface area contributed by atoms with E-state index in [9.17, 15) is 10.2 Å². The van der Waals surface area contributed by atoms with Gasteiger partial charge in [0.25, 0.3) is 0 Å². The molecule has 0 aliphatic carbocycles. The topological polar surface area (TPSA) is 66.5 Å². The van der Waals surface area contributed by atoms with Crippen molar-refractivity contribution in [2.75, 3.05) is 0 Å². The van der Waals surface area contributed by atoms with Crippen LogP contribution in [0.4, 0.5) is 0 Å². The van der Waals surface area contributed by atoms with Crippen LogP contribution >= 0.6 is 0 Å². The van der Waals surface area contributed by atoms with E-state index in [0.717, 1.165) is 16.3 Å². The summed E-state index contributed by atoms with van der Waals surface area (Å²) in [7, 11) is 0. The second-order valence-electron chi connectivity index (χ2n) is 5.19. The second-order valence-corrected chi connectivity index (χ2v) is 5.19. The first kappa shape index (κ1) is 13.5. The molecule has 1 unspecified atom stereocenters. The van der Waals surface area contributed by atoms with Gasteiger partial charge in [0.1, 0.15) is 11.5 Å². The molecule has 0 bridgehead atoms. The van der Waals surface area contributed by atoms with Crippen molar-refractivity contribution < 1.29 is 10.2 Å². The van der Waals surface area contributed by atoms with Crippen molar-refractivity contribution in [1.82, 2.24) is 0 Å². The van der Waals surface area contributed by atoms with Crippen molar-refractivity contribution >= 4 is 10.8 Å². The third kappa shape index (κ3) is 2.69. The maximum atomic E-state index is 9.88. The molecule has 0 heterocycles. The van der Waals surface area contributed by atoms with Crippen LogP contribution in [0.5, 0.6) is 11.5 Å². The van der Waals surface area contributed by atoms with Gasteiger partial charge in [-0.25, -0.2) is 0 Å². The van der Waals surface area contributed by atoms with Crippen LogP contribution in [0.15, 0.2) is 60.7 Å². The van der Waals surface area contributed by atoms with Crippen LogP contribution in [0.25, 0.3) is 10.8 Å². The summed E-state index contributed by atoms with van der Waals surface area (Å²) in [6, 6.07) is 18.4. The van der Waals surface area contributed by atoms with Crippen LogP contribution in [-0.2, 0) is 6.42 Å². The fourth-order valence-corrected chi connectivity index (χ4v) is 2.66. The lowest BCUT2D eigenvalue weighted by Gasteiger charge is -2.16. The van der Waals surface area contributed by atoms with Gasteiger partial charge >= 0.3 is 0 Å². The number of rotatable bonds is 3. The molecule has 21 heavy (non-hydrogen) atoms. The molecule has 0 amide bonds. The van der Waals surface area contributed by atoms with Gasteiger partial charge in [0, 0.05) is 6.04 Å². The Balaban J connectivity index is 1.97. The smallest absolute Gasteiger partial charge is 0.119 e. The van der Waals surface area contributed by atoms with E-state index in [4.69, 9.17) is 5.73 Å². The molecule has 0 saturated carbocycles. The Labute approximate surface area is 123 Å². The van der Waals surface area contributed by atoms with E-state index in [0.29, 0.717) is 12.0 Å². The van der Waals surface area contributed by atoms with Crippen LogP contribution in [0.3, 0.4) is 0 Å². The number of hydrogen-bond donors (Lipinski definition) is 3. The molecular formula is C18H17NO2. The van der Waals surface area contributed by atoms with E-state index in [2.05, 4.69) is 12.1 Å². The zero-order valence-corrected chi connectivity index (χ0v) is 11.5. The largest absolute Gasteiger partial charge is 0.508 e. The molecule has 0 aliphatic heterocycles. The van der Waals surface area contributed by atoms with Gasteiger partial charge in [-0.2, -0.15) is 0 Å². The second kappa shape index (κ2) is 5.46. The van der Waals surface area contributed by atoms with Gasteiger partial charge in [0.2, 0.25) is 0 Å². The standard InChI is InChI=1S/C18H17NO2/c19-17(11-13-10-14(20)8-9-18(13)21)16-7-3-5-12-4-1-2-6-15(12)16/h1-10,17,20-21H,11,19H2. The van der Waals surface area contributed by atoms with Gasteiger partial charge in [-0.1, -0.05) is 42.5 Å². The molecule has 3 aromatic rings. The zero-order valence-electron chi connectivity index (χ0n) is 11.5. The Bertz CT molecular complexity index is 778. The molecule has 106 valence electrons. The van der Waals surface area contributed by atoms with Gasteiger partial charge < -0.3 is 15.9 Å². The fraction of sp³-hybridized carbons (Fsp3) is 0.111. The summed E-state index contributed by atoms with van der Waals surface area (Å²) >= 11 is 0. The molecule has 0 fully saturated rings. The highest BCUT2D eigenvalue weighted by atomic mass is 16.3. The highest BCUT2D eigenvalue weighted by Crippen LogP contribution is 2.29. The summed E-state index contributed by atoms with van der Waals surface area (Å²) in [5, 5.41) is 21.7. The normalized spacial score (nSPS) is 12.4. The molecule has 0 aliphatic rings. The first-order chi connectivity index (χ1) is 10.1. The van der Waals surface area contributed by atoms with Crippen molar-refractivity contribution in [2.24, 2.45) is 5.73 Å². The molecule has 3 heteroatoms. The van der Waals surface area contributed by atoms with Crippen LogP contribution in [0.1, 0.15) is 17.2 Å². The Hall–Kier alpha value is -2.52. The zero-order chi connectivity index (χ0) is 14.8. The van der Waals surface area contributed by atoms with Gasteiger partial charge in [0.15, 0.2) is 0 Å². The molecule has 4 N–H and O–H groups in total. The summed E-state index contributed by atoms with van der Waals surface area (Å²) < 4.78 is 0. The number of nitrogens with two attached hydrogens (primary N) is 1. The number of hydrogen-bond acceptors (Lipinski definition) is 3. The summed E-state index contributed by atoms with van der Waals surface area (Å²) in [4.78, 5) is 0. The minimum Gasteiger partial charge on any atom is -0.508 e.